The summed E-state index contributed by atoms with van der Waals surface area (Å²) in [6.07, 6.45) is -1.93. The molecule has 0 aromatic heterocycles. The summed E-state index contributed by atoms with van der Waals surface area (Å²) < 4.78 is 10.1. The lowest BCUT2D eigenvalue weighted by Crippen LogP contribution is -2.47. The zero-order valence-electron chi connectivity index (χ0n) is 6.73. The van der Waals surface area contributed by atoms with Crippen LogP contribution < -0.4 is 0 Å². The maximum absolute atomic E-state index is 9.24. The fourth-order valence-corrected chi connectivity index (χ4v) is 1.18. The van der Waals surface area contributed by atoms with E-state index in [9.17, 15) is 10.2 Å². The van der Waals surface area contributed by atoms with Gasteiger partial charge in [-0.05, 0) is 6.92 Å². The lowest BCUT2D eigenvalue weighted by atomic mass is 10.0. The molecule has 1 fully saturated rings. The lowest BCUT2D eigenvalue weighted by Gasteiger charge is -2.34. The average Bonchev–Trinajstić information content (AvgIpc) is 1.99. The highest BCUT2D eigenvalue weighted by Crippen LogP contribution is 2.19. The molecule has 1 saturated heterocycles. The molecule has 0 aromatic carbocycles. The largest absolute Gasteiger partial charge is 0.390 e. The molecule has 0 spiro atoms. The van der Waals surface area contributed by atoms with Crippen molar-refractivity contribution in [2.75, 3.05) is 7.11 Å². The third-order valence-electron chi connectivity index (χ3n) is 1.94. The van der Waals surface area contributed by atoms with Crippen molar-refractivity contribution in [3.05, 3.63) is 0 Å². The Morgan fingerprint density at radius 3 is 2.55 bits per heavy atom. The van der Waals surface area contributed by atoms with Gasteiger partial charge in [0.15, 0.2) is 6.29 Å². The first-order valence-corrected chi connectivity index (χ1v) is 3.69. The van der Waals surface area contributed by atoms with Gasteiger partial charge in [0.05, 0.1) is 12.2 Å². The highest BCUT2D eigenvalue weighted by Gasteiger charge is 2.33. The summed E-state index contributed by atoms with van der Waals surface area (Å²) in [6, 6.07) is 0. The molecule has 1 heterocycles. The Morgan fingerprint density at radius 2 is 2.09 bits per heavy atom. The van der Waals surface area contributed by atoms with E-state index in [0.29, 0.717) is 6.42 Å². The van der Waals surface area contributed by atoms with Crippen LogP contribution in [0.15, 0.2) is 0 Å². The Hall–Kier alpha value is -0.160. The second kappa shape index (κ2) is 3.49. The molecule has 1 aliphatic rings. The number of aliphatic hydroxyl groups excluding tert-OH is 2. The van der Waals surface area contributed by atoms with Crippen LogP contribution in [0.3, 0.4) is 0 Å². The molecule has 66 valence electrons. The highest BCUT2D eigenvalue weighted by molar-refractivity contribution is 4.79. The van der Waals surface area contributed by atoms with Gasteiger partial charge >= 0.3 is 0 Å². The minimum atomic E-state index is -0.790. The summed E-state index contributed by atoms with van der Waals surface area (Å²) in [6.45, 7) is 1.71. The predicted octanol–water partition coefficient (Wildman–Crippen LogP) is -0.510. The fraction of sp³-hybridized carbons (Fsp3) is 1.00. The van der Waals surface area contributed by atoms with E-state index in [1.54, 1.807) is 6.92 Å². The molecular formula is C7H14O4. The number of methoxy groups -OCH3 is 1. The first-order chi connectivity index (χ1) is 5.15. The van der Waals surface area contributed by atoms with Crippen LogP contribution in [0.4, 0.5) is 0 Å². The molecule has 0 amide bonds. The third-order valence-corrected chi connectivity index (χ3v) is 1.94. The molecule has 2 N–H and O–H groups in total. The highest BCUT2D eigenvalue weighted by atomic mass is 16.7. The number of ether oxygens (including phenoxy) is 2. The SMILES string of the molecule is CO[C@@H]1C[C@H](O)[C@H](O)C(C)O1. The van der Waals surface area contributed by atoms with Crippen LogP contribution in [0, 0.1) is 0 Å². The van der Waals surface area contributed by atoms with Gasteiger partial charge in [-0.25, -0.2) is 0 Å². The van der Waals surface area contributed by atoms with E-state index in [1.165, 1.54) is 7.11 Å². The zero-order chi connectivity index (χ0) is 8.43. The molecule has 11 heavy (non-hydrogen) atoms. The second-order valence-electron chi connectivity index (χ2n) is 2.80. The monoisotopic (exact) mass is 162 g/mol. The first kappa shape index (κ1) is 8.93. The van der Waals surface area contributed by atoms with E-state index in [4.69, 9.17) is 9.47 Å². The Labute approximate surface area is 65.7 Å². The van der Waals surface area contributed by atoms with Gasteiger partial charge in [0.2, 0.25) is 0 Å². The fourth-order valence-electron chi connectivity index (χ4n) is 1.18. The van der Waals surface area contributed by atoms with Gasteiger partial charge in [-0.3, -0.25) is 0 Å². The van der Waals surface area contributed by atoms with Crippen LogP contribution in [0.5, 0.6) is 0 Å². The molecule has 1 aliphatic heterocycles. The summed E-state index contributed by atoms with van der Waals surface area (Å²) in [7, 11) is 1.52. The van der Waals surface area contributed by atoms with Gasteiger partial charge in [0.1, 0.15) is 6.10 Å². The van der Waals surface area contributed by atoms with E-state index in [0.717, 1.165) is 0 Å². The molecular weight excluding hydrogens is 148 g/mol. The molecule has 1 rings (SSSR count). The van der Waals surface area contributed by atoms with E-state index < -0.39 is 12.2 Å². The summed E-state index contributed by atoms with van der Waals surface area (Å²) >= 11 is 0. The van der Waals surface area contributed by atoms with Crippen LogP contribution in [0.1, 0.15) is 13.3 Å². The van der Waals surface area contributed by atoms with Crippen molar-refractivity contribution in [3.63, 3.8) is 0 Å². The summed E-state index contributed by atoms with van der Waals surface area (Å²) in [5.41, 5.74) is 0. The van der Waals surface area contributed by atoms with Crippen molar-refractivity contribution < 1.29 is 19.7 Å². The van der Waals surface area contributed by atoms with E-state index >= 15 is 0 Å². The molecule has 4 heteroatoms. The summed E-state index contributed by atoms with van der Waals surface area (Å²) in [5, 5.41) is 18.5. The Kier molecular flexibility index (Phi) is 2.84. The molecule has 0 radical (unpaired) electrons. The zero-order valence-corrected chi connectivity index (χ0v) is 6.73. The number of hydrogen-bond donors (Lipinski definition) is 2. The predicted molar refractivity (Wildman–Crippen MR) is 38.0 cm³/mol. The summed E-state index contributed by atoms with van der Waals surface area (Å²) in [5.74, 6) is 0. The first-order valence-electron chi connectivity index (χ1n) is 3.69. The van der Waals surface area contributed by atoms with Crippen molar-refractivity contribution >= 4 is 0 Å². The van der Waals surface area contributed by atoms with Gasteiger partial charge in [0, 0.05) is 13.5 Å². The minimum absolute atomic E-state index is 0.335. The number of hydrogen-bond acceptors (Lipinski definition) is 4. The molecule has 4 nitrogen and oxygen atoms in total. The normalized spacial score (nSPS) is 45.8. The van der Waals surface area contributed by atoms with Crippen LogP contribution in [-0.4, -0.2) is 41.9 Å². The van der Waals surface area contributed by atoms with Crippen LogP contribution in [-0.2, 0) is 9.47 Å². The van der Waals surface area contributed by atoms with Crippen LogP contribution in [0.25, 0.3) is 0 Å². The van der Waals surface area contributed by atoms with E-state index in [2.05, 4.69) is 0 Å². The Morgan fingerprint density at radius 1 is 1.45 bits per heavy atom. The van der Waals surface area contributed by atoms with E-state index in [-0.39, 0.29) is 12.4 Å². The molecule has 0 saturated carbocycles. The van der Waals surface area contributed by atoms with Crippen molar-refractivity contribution in [3.8, 4) is 0 Å². The van der Waals surface area contributed by atoms with Gasteiger partial charge in [-0.2, -0.15) is 0 Å². The maximum atomic E-state index is 9.24. The minimum Gasteiger partial charge on any atom is -0.390 e. The number of rotatable bonds is 1. The van der Waals surface area contributed by atoms with Crippen molar-refractivity contribution in [1.82, 2.24) is 0 Å². The second-order valence-corrected chi connectivity index (χ2v) is 2.80. The van der Waals surface area contributed by atoms with Crippen LogP contribution >= 0.6 is 0 Å². The molecule has 0 aromatic rings. The number of aliphatic hydroxyl groups is 2. The van der Waals surface area contributed by atoms with Gasteiger partial charge in [-0.1, -0.05) is 0 Å². The van der Waals surface area contributed by atoms with Gasteiger partial charge in [0.25, 0.3) is 0 Å². The molecule has 1 unspecified atom stereocenters. The Bertz CT molecular complexity index is 116. The maximum Gasteiger partial charge on any atom is 0.160 e. The Balaban J connectivity index is 2.47. The third kappa shape index (κ3) is 1.90. The van der Waals surface area contributed by atoms with Crippen molar-refractivity contribution in [2.45, 2.75) is 37.9 Å². The van der Waals surface area contributed by atoms with Crippen LogP contribution in [0.2, 0.25) is 0 Å². The molecule has 0 bridgehead atoms. The summed E-state index contributed by atoms with van der Waals surface area (Å²) in [4.78, 5) is 0. The molecule has 4 atom stereocenters. The van der Waals surface area contributed by atoms with Crippen molar-refractivity contribution in [1.29, 1.82) is 0 Å². The standard InChI is InChI=1S/C7H14O4/c1-4-7(9)5(8)3-6(10-2)11-4/h4-9H,3H2,1-2H3/t4?,5-,6-,7+/m0/s1. The quantitative estimate of drug-likeness (QED) is 0.545. The smallest absolute Gasteiger partial charge is 0.160 e. The van der Waals surface area contributed by atoms with E-state index in [1.807, 2.05) is 0 Å². The van der Waals surface area contributed by atoms with Crippen molar-refractivity contribution in [2.24, 2.45) is 0 Å². The van der Waals surface area contributed by atoms with Gasteiger partial charge < -0.3 is 19.7 Å². The molecule has 0 aliphatic carbocycles. The topological polar surface area (TPSA) is 58.9 Å². The lowest BCUT2D eigenvalue weighted by molar-refractivity contribution is -0.237. The average molecular weight is 162 g/mol. The van der Waals surface area contributed by atoms with Gasteiger partial charge in [-0.15, -0.1) is 0 Å².